The van der Waals surface area contributed by atoms with E-state index in [-0.39, 0.29) is 0 Å². The third-order valence-corrected chi connectivity index (χ3v) is 6.00. The largest absolute Gasteiger partial charge is 0.481 e. The Hall–Kier alpha value is -2.68. The first-order chi connectivity index (χ1) is 13.7. The van der Waals surface area contributed by atoms with E-state index in [1.165, 1.54) is 0 Å². The van der Waals surface area contributed by atoms with Crippen LogP contribution in [0, 0.1) is 10.1 Å². The van der Waals surface area contributed by atoms with Crippen LogP contribution in [0.5, 0.6) is 0 Å². The van der Waals surface area contributed by atoms with Crippen LogP contribution in [0.1, 0.15) is 23.5 Å². The minimum absolute atomic E-state index is 0.398. The molecule has 2 aromatic rings. The van der Waals surface area contributed by atoms with E-state index < -0.39 is 46.8 Å². The van der Waals surface area contributed by atoms with Gasteiger partial charge in [-0.1, -0.05) is 41.4 Å². The molecule has 4 atom stereocenters. The SMILES string of the molecule is O=C(O)C[C@@H]1N[C@@]2(C(=O)Nc3cc(Cl)ccc32)[C@@H](c2ccc(Cl)cc2)[C@@H]1[N+](=O)[O-]. The highest BCUT2D eigenvalue weighted by molar-refractivity contribution is 6.31. The lowest BCUT2D eigenvalue weighted by Gasteiger charge is -2.29. The first-order valence-electron chi connectivity index (χ1n) is 8.74. The maximum atomic E-state index is 13.2. The summed E-state index contributed by atoms with van der Waals surface area (Å²) in [6, 6.07) is 8.80. The minimum atomic E-state index is -1.51. The van der Waals surface area contributed by atoms with E-state index >= 15 is 0 Å². The molecular formula is C19H15Cl2N3O5. The fourth-order valence-electron chi connectivity index (χ4n) is 4.46. The van der Waals surface area contributed by atoms with E-state index in [0.717, 1.165) is 0 Å². The molecule has 0 saturated carbocycles. The second kappa shape index (κ2) is 6.98. The highest BCUT2D eigenvalue weighted by Gasteiger charge is 2.66. The number of carboxylic acid groups (broad SMARTS) is 1. The fourth-order valence-corrected chi connectivity index (χ4v) is 4.76. The normalized spacial score (nSPS) is 27.7. The van der Waals surface area contributed by atoms with Gasteiger partial charge in [-0.15, -0.1) is 0 Å². The Morgan fingerprint density at radius 1 is 1.17 bits per heavy atom. The highest BCUT2D eigenvalue weighted by Crippen LogP contribution is 2.53. The maximum absolute atomic E-state index is 13.2. The summed E-state index contributed by atoms with van der Waals surface area (Å²) in [6.45, 7) is 0. The molecule has 2 heterocycles. The Balaban J connectivity index is 1.96. The minimum Gasteiger partial charge on any atom is -0.481 e. The number of nitrogens with zero attached hydrogens (tertiary/aromatic N) is 1. The number of carboxylic acids is 1. The number of hydrogen-bond acceptors (Lipinski definition) is 5. The van der Waals surface area contributed by atoms with Crippen LogP contribution in [-0.2, 0) is 15.1 Å². The second-order valence-electron chi connectivity index (χ2n) is 7.11. The molecule has 2 aliphatic heterocycles. The van der Waals surface area contributed by atoms with Crippen molar-refractivity contribution in [2.45, 2.75) is 30.0 Å². The van der Waals surface area contributed by atoms with Crippen LogP contribution in [-0.4, -0.2) is 34.0 Å². The van der Waals surface area contributed by atoms with Crippen molar-refractivity contribution in [2.75, 3.05) is 5.32 Å². The summed E-state index contributed by atoms with van der Waals surface area (Å²) in [5.74, 6) is -2.65. The molecule has 3 N–H and O–H groups in total. The monoisotopic (exact) mass is 435 g/mol. The summed E-state index contributed by atoms with van der Waals surface area (Å²) in [6.07, 6.45) is -0.506. The molecule has 10 heteroatoms. The van der Waals surface area contributed by atoms with Crippen molar-refractivity contribution in [2.24, 2.45) is 0 Å². The number of nitro groups is 1. The van der Waals surface area contributed by atoms with Crippen molar-refractivity contribution in [1.29, 1.82) is 0 Å². The number of halogens is 2. The van der Waals surface area contributed by atoms with Crippen molar-refractivity contribution < 1.29 is 19.6 Å². The molecule has 1 saturated heterocycles. The van der Waals surface area contributed by atoms with Crippen LogP contribution in [0.3, 0.4) is 0 Å². The number of benzene rings is 2. The average Bonchev–Trinajstić information content (AvgIpc) is 3.10. The quantitative estimate of drug-likeness (QED) is 0.501. The first-order valence-corrected chi connectivity index (χ1v) is 9.49. The van der Waals surface area contributed by atoms with Gasteiger partial charge in [0.05, 0.1) is 18.4 Å². The number of fused-ring (bicyclic) bond motifs is 2. The van der Waals surface area contributed by atoms with Crippen molar-refractivity contribution in [3.8, 4) is 0 Å². The van der Waals surface area contributed by atoms with Crippen molar-refractivity contribution in [3.63, 3.8) is 0 Å². The van der Waals surface area contributed by atoms with Gasteiger partial charge in [0.25, 0.3) is 0 Å². The zero-order chi connectivity index (χ0) is 20.9. The first kappa shape index (κ1) is 19.6. The molecular weight excluding hydrogens is 421 g/mol. The van der Waals surface area contributed by atoms with Crippen molar-refractivity contribution in [3.05, 3.63) is 73.8 Å². The van der Waals surface area contributed by atoms with Crippen molar-refractivity contribution >= 4 is 40.8 Å². The molecule has 0 radical (unpaired) electrons. The van der Waals surface area contributed by atoms with Gasteiger partial charge >= 0.3 is 5.97 Å². The number of nitrogens with one attached hydrogen (secondary N) is 2. The molecule has 1 spiro atoms. The molecule has 1 amide bonds. The molecule has 29 heavy (non-hydrogen) atoms. The van der Waals surface area contributed by atoms with Crippen LogP contribution >= 0.6 is 23.2 Å². The molecule has 1 fully saturated rings. The lowest BCUT2D eigenvalue weighted by atomic mass is 9.74. The highest BCUT2D eigenvalue weighted by atomic mass is 35.5. The lowest BCUT2D eigenvalue weighted by Crippen LogP contribution is -2.49. The molecule has 4 rings (SSSR count). The van der Waals surface area contributed by atoms with E-state index in [9.17, 15) is 24.8 Å². The number of anilines is 1. The van der Waals surface area contributed by atoms with Gasteiger partial charge in [-0.25, -0.2) is 0 Å². The second-order valence-corrected chi connectivity index (χ2v) is 7.98. The van der Waals surface area contributed by atoms with E-state index in [1.54, 1.807) is 42.5 Å². The summed E-state index contributed by atoms with van der Waals surface area (Å²) in [5, 5.41) is 27.9. The molecule has 0 unspecified atom stereocenters. The fraction of sp³-hybridized carbons (Fsp3) is 0.263. The van der Waals surface area contributed by atoms with Gasteiger partial charge in [0.2, 0.25) is 11.9 Å². The molecule has 0 bridgehead atoms. The number of carbonyl (C=O) groups is 2. The number of aliphatic carboxylic acids is 1. The zero-order valence-electron chi connectivity index (χ0n) is 14.8. The summed E-state index contributed by atoms with van der Waals surface area (Å²) in [7, 11) is 0. The molecule has 2 aromatic carbocycles. The van der Waals surface area contributed by atoms with E-state index in [0.29, 0.717) is 26.9 Å². The lowest BCUT2D eigenvalue weighted by molar-refractivity contribution is -0.526. The van der Waals surface area contributed by atoms with Gasteiger partial charge < -0.3 is 10.4 Å². The number of carbonyl (C=O) groups excluding carboxylic acids is 1. The van der Waals surface area contributed by atoms with Gasteiger partial charge in [0.1, 0.15) is 5.54 Å². The van der Waals surface area contributed by atoms with E-state index in [1.807, 2.05) is 0 Å². The van der Waals surface area contributed by atoms with Crippen LogP contribution < -0.4 is 10.6 Å². The summed E-state index contributed by atoms with van der Waals surface area (Å²) >= 11 is 12.0. The van der Waals surface area contributed by atoms with Crippen LogP contribution in [0.4, 0.5) is 5.69 Å². The molecule has 8 nitrogen and oxygen atoms in total. The van der Waals surface area contributed by atoms with E-state index in [2.05, 4.69) is 10.6 Å². The predicted octanol–water partition coefficient (Wildman–Crippen LogP) is 3.02. The van der Waals surface area contributed by atoms with Crippen molar-refractivity contribution in [1.82, 2.24) is 5.32 Å². The third-order valence-electron chi connectivity index (χ3n) is 5.51. The van der Waals surface area contributed by atoms with Gasteiger partial charge in [-0.2, -0.15) is 0 Å². The van der Waals surface area contributed by atoms with Crippen LogP contribution in [0.15, 0.2) is 42.5 Å². The number of hydrogen-bond donors (Lipinski definition) is 3. The zero-order valence-corrected chi connectivity index (χ0v) is 16.3. The topological polar surface area (TPSA) is 122 Å². The molecule has 0 aromatic heterocycles. The maximum Gasteiger partial charge on any atom is 0.305 e. The summed E-state index contributed by atoms with van der Waals surface area (Å²) in [4.78, 5) is 36.1. The average molecular weight is 436 g/mol. The Labute approximate surface area is 175 Å². The third kappa shape index (κ3) is 3.04. The predicted molar refractivity (Wildman–Crippen MR) is 106 cm³/mol. The number of rotatable bonds is 4. The van der Waals surface area contributed by atoms with Crippen LogP contribution in [0.25, 0.3) is 0 Å². The Kier molecular flexibility index (Phi) is 4.72. The molecule has 2 aliphatic rings. The number of amides is 1. The summed E-state index contributed by atoms with van der Waals surface area (Å²) in [5.41, 5.74) is -0.0703. The Bertz CT molecular complexity index is 1030. The Morgan fingerprint density at radius 3 is 2.45 bits per heavy atom. The standard InChI is InChI=1S/C19H15Cl2N3O5/c20-10-3-1-9(2-4-10)16-17(24(28)29)14(8-15(25)26)23-19(16)12-6-5-11(21)7-13(12)22-18(19)27/h1-7,14,16-17,23H,8H2,(H,22,27)(H,25,26)/t14-,16-,17+,19+/m0/s1. The van der Waals surface area contributed by atoms with Crippen LogP contribution in [0.2, 0.25) is 10.0 Å². The van der Waals surface area contributed by atoms with Gasteiger partial charge in [-0.05, 0) is 29.8 Å². The Morgan fingerprint density at radius 2 is 1.83 bits per heavy atom. The summed E-state index contributed by atoms with van der Waals surface area (Å²) < 4.78 is 0. The molecule has 150 valence electrons. The molecule has 0 aliphatic carbocycles. The smallest absolute Gasteiger partial charge is 0.305 e. The van der Waals surface area contributed by atoms with Gasteiger partial charge in [0.15, 0.2) is 0 Å². The van der Waals surface area contributed by atoms with E-state index in [4.69, 9.17) is 23.2 Å². The van der Waals surface area contributed by atoms with Gasteiger partial charge in [-0.3, -0.25) is 25.0 Å². The van der Waals surface area contributed by atoms with Gasteiger partial charge in [0, 0.05) is 26.2 Å².